The molecule has 0 aliphatic rings. The lowest BCUT2D eigenvalue weighted by Gasteiger charge is -2.10. The number of aromatic nitrogens is 2. The molecule has 2 heterocycles. The summed E-state index contributed by atoms with van der Waals surface area (Å²) in [5.41, 5.74) is 0.836. The average Bonchev–Trinajstić information content (AvgIpc) is 3.47. The zero-order chi connectivity index (χ0) is 27.8. The summed E-state index contributed by atoms with van der Waals surface area (Å²) in [5.74, 6) is -1.64. The molecule has 11 nitrogen and oxygen atoms in total. The van der Waals surface area contributed by atoms with Gasteiger partial charge in [-0.1, -0.05) is 35.2 Å². The zero-order valence-corrected chi connectivity index (χ0v) is 23.7. The molecule has 1 unspecified atom stereocenters. The molecule has 14 heteroatoms. The number of carbonyl (C=O) groups is 4. The molecule has 1 atom stereocenters. The van der Waals surface area contributed by atoms with E-state index in [0.717, 1.165) is 34.4 Å². The minimum Gasteiger partial charge on any atom is -0.496 e. The summed E-state index contributed by atoms with van der Waals surface area (Å²) in [5, 5.41) is 13.2. The summed E-state index contributed by atoms with van der Waals surface area (Å²) in [6, 6.07) is 6.78. The molecule has 0 aliphatic heterocycles. The lowest BCUT2D eigenvalue weighted by atomic mass is 10.1. The monoisotopic (exact) mass is 578 g/mol. The standard InChI is InChI=1S/C24H26N4O7S3/c1-6-34-21(31)16-12(3)17(22(32)35-7-2)37-20(16)25-18(29)13(4)36-24-28-27-23(38-24)26-19(30)14-10-8-9-11-15(14)33-5/h8-11,13H,6-7H2,1-5H3,(H,25,29)(H,26,27,30). The van der Waals surface area contributed by atoms with Crippen molar-refractivity contribution in [2.24, 2.45) is 0 Å². The second-order valence-corrected chi connectivity index (χ2v) is 11.1. The van der Waals surface area contributed by atoms with Crippen molar-refractivity contribution in [3.05, 3.63) is 45.8 Å². The third-order valence-electron chi connectivity index (χ3n) is 4.95. The predicted molar refractivity (Wildman–Crippen MR) is 146 cm³/mol. The molecule has 3 rings (SSSR count). The molecule has 0 spiro atoms. The van der Waals surface area contributed by atoms with Gasteiger partial charge in [-0.3, -0.25) is 14.9 Å². The van der Waals surface area contributed by atoms with Gasteiger partial charge < -0.3 is 19.5 Å². The Kier molecular flexibility index (Phi) is 10.2. The SMILES string of the molecule is CCOC(=O)c1sc(NC(=O)C(C)Sc2nnc(NC(=O)c3ccccc3OC)s2)c(C(=O)OCC)c1C. The second-order valence-electron chi connectivity index (χ2n) is 7.48. The maximum absolute atomic E-state index is 13.0. The number of rotatable bonds is 11. The van der Waals surface area contributed by atoms with E-state index in [9.17, 15) is 19.2 Å². The molecule has 0 saturated carbocycles. The Bertz CT molecular complexity index is 1340. The molecule has 0 bridgehead atoms. The molecule has 202 valence electrons. The van der Waals surface area contributed by atoms with Crippen molar-refractivity contribution in [3.8, 4) is 5.75 Å². The molecule has 0 radical (unpaired) electrons. The van der Waals surface area contributed by atoms with Crippen LogP contribution in [0.25, 0.3) is 0 Å². The zero-order valence-electron chi connectivity index (χ0n) is 21.3. The fourth-order valence-electron chi connectivity index (χ4n) is 3.16. The van der Waals surface area contributed by atoms with Crippen LogP contribution in [-0.4, -0.2) is 59.5 Å². The van der Waals surface area contributed by atoms with Gasteiger partial charge in [-0.05, 0) is 45.4 Å². The molecule has 1 aromatic carbocycles. The summed E-state index contributed by atoms with van der Waals surface area (Å²) in [7, 11) is 1.48. The van der Waals surface area contributed by atoms with Crippen LogP contribution < -0.4 is 15.4 Å². The minimum atomic E-state index is -0.649. The van der Waals surface area contributed by atoms with Crippen LogP contribution in [0.15, 0.2) is 28.6 Å². The fraction of sp³-hybridized carbons (Fsp3) is 0.333. The van der Waals surface area contributed by atoms with Crippen LogP contribution in [-0.2, 0) is 14.3 Å². The van der Waals surface area contributed by atoms with Gasteiger partial charge in [0.1, 0.15) is 15.6 Å². The van der Waals surface area contributed by atoms with Gasteiger partial charge in [-0.25, -0.2) is 9.59 Å². The van der Waals surface area contributed by atoms with E-state index in [1.165, 1.54) is 7.11 Å². The molecule has 0 fully saturated rings. The van der Waals surface area contributed by atoms with Crippen LogP contribution in [0.5, 0.6) is 5.75 Å². The number of carbonyl (C=O) groups excluding carboxylic acids is 4. The van der Waals surface area contributed by atoms with Crippen molar-refractivity contribution in [2.75, 3.05) is 31.0 Å². The highest BCUT2D eigenvalue weighted by Gasteiger charge is 2.28. The van der Waals surface area contributed by atoms with E-state index in [0.29, 0.717) is 21.2 Å². The Hall–Kier alpha value is -3.49. The largest absolute Gasteiger partial charge is 0.496 e. The van der Waals surface area contributed by atoms with Crippen LogP contribution in [0.4, 0.5) is 10.1 Å². The summed E-state index contributed by atoms with van der Waals surface area (Å²) >= 11 is 3.19. The number of ether oxygens (including phenoxy) is 3. The first kappa shape index (κ1) is 29.1. The quantitative estimate of drug-likeness (QED) is 0.187. The highest BCUT2D eigenvalue weighted by molar-refractivity contribution is 8.02. The molecule has 0 aliphatic carbocycles. The lowest BCUT2D eigenvalue weighted by Crippen LogP contribution is -2.23. The Morgan fingerprint density at radius 3 is 2.37 bits per heavy atom. The van der Waals surface area contributed by atoms with E-state index in [4.69, 9.17) is 14.2 Å². The molecule has 2 amide bonds. The number of methoxy groups -OCH3 is 1. The highest BCUT2D eigenvalue weighted by atomic mass is 32.2. The molecule has 2 N–H and O–H groups in total. The van der Waals surface area contributed by atoms with Gasteiger partial charge in [-0.15, -0.1) is 21.5 Å². The van der Waals surface area contributed by atoms with E-state index in [-0.39, 0.29) is 33.8 Å². The number of amides is 2. The van der Waals surface area contributed by atoms with Crippen molar-refractivity contribution in [2.45, 2.75) is 37.3 Å². The molecule has 2 aromatic heterocycles. The highest BCUT2D eigenvalue weighted by Crippen LogP contribution is 2.36. The number of thiophene rings is 1. The van der Waals surface area contributed by atoms with Gasteiger partial charge in [0.15, 0.2) is 4.34 Å². The number of thioether (sulfide) groups is 1. The molecular weight excluding hydrogens is 552 g/mol. The molecular formula is C24H26N4O7S3. The summed E-state index contributed by atoms with van der Waals surface area (Å²) in [4.78, 5) is 50.7. The van der Waals surface area contributed by atoms with E-state index >= 15 is 0 Å². The average molecular weight is 579 g/mol. The summed E-state index contributed by atoms with van der Waals surface area (Å²) in [6.07, 6.45) is 0. The van der Waals surface area contributed by atoms with Gasteiger partial charge >= 0.3 is 11.9 Å². The molecule has 38 heavy (non-hydrogen) atoms. The minimum absolute atomic E-state index is 0.114. The number of esters is 2. The smallest absolute Gasteiger partial charge is 0.348 e. The summed E-state index contributed by atoms with van der Waals surface area (Å²) < 4.78 is 15.9. The van der Waals surface area contributed by atoms with Gasteiger partial charge in [0.25, 0.3) is 5.91 Å². The fourth-order valence-corrected chi connectivity index (χ4v) is 6.15. The normalized spacial score (nSPS) is 11.4. The number of anilines is 2. The van der Waals surface area contributed by atoms with Crippen LogP contribution in [0.2, 0.25) is 0 Å². The first-order valence-electron chi connectivity index (χ1n) is 11.4. The number of para-hydroxylation sites is 1. The van der Waals surface area contributed by atoms with Crippen LogP contribution >= 0.6 is 34.4 Å². The Labute approximate surface area is 231 Å². The number of hydrogen-bond acceptors (Lipinski definition) is 12. The topological polar surface area (TPSA) is 146 Å². The lowest BCUT2D eigenvalue weighted by molar-refractivity contribution is -0.115. The number of nitrogens with one attached hydrogen (secondary N) is 2. The molecule has 0 saturated heterocycles. The van der Waals surface area contributed by atoms with Crippen molar-refractivity contribution in [1.82, 2.24) is 10.2 Å². The maximum atomic E-state index is 13.0. The van der Waals surface area contributed by atoms with E-state index in [1.807, 2.05) is 0 Å². The molecule has 3 aromatic rings. The Morgan fingerprint density at radius 1 is 1.00 bits per heavy atom. The van der Waals surface area contributed by atoms with Gasteiger partial charge in [0, 0.05) is 0 Å². The van der Waals surface area contributed by atoms with Gasteiger partial charge in [-0.2, -0.15) is 0 Å². The predicted octanol–water partition coefficient (Wildman–Crippen LogP) is 4.64. The summed E-state index contributed by atoms with van der Waals surface area (Å²) in [6.45, 7) is 6.91. The van der Waals surface area contributed by atoms with E-state index in [2.05, 4.69) is 20.8 Å². The van der Waals surface area contributed by atoms with Gasteiger partial charge in [0.05, 0.1) is 36.7 Å². The number of hydrogen-bond donors (Lipinski definition) is 2. The number of benzene rings is 1. The van der Waals surface area contributed by atoms with Crippen molar-refractivity contribution in [3.63, 3.8) is 0 Å². The first-order chi connectivity index (χ1) is 18.2. The van der Waals surface area contributed by atoms with Crippen LogP contribution in [0.3, 0.4) is 0 Å². The number of nitrogens with zero attached hydrogens (tertiary/aromatic N) is 2. The van der Waals surface area contributed by atoms with Gasteiger partial charge in [0.2, 0.25) is 11.0 Å². The Balaban J connectivity index is 1.71. The van der Waals surface area contributed by atoms with E-state index < -0.39 is 29.0 Å². The van der Waals surface area contributed by atoms with Crippen molar-refractivity contribution >= 4 is 68.3 Å². The third kappa shape index (κ3) is 6.88. The maximum Gasteiger partial charge on any atom is 0.348 e. The van der Waals surface area contributed by atoms with Crippen LogP contribution in [0.1, 0.15) is 56.7 Å². The van der Waals surface area contributed by atoms with Crippen LogP contribution in [0, 0.1) is 6.92 Å². The Morgan fingerprint density at radius 2 is 1.68 bits per heavy atom. The second kappa shape index (κ2) is 13.3. The third-order valence-corrected chi connectivity index (χ3v) is 8.16. The van der Waals surface area contributed by atoms with Crippen molar-refractivity contribution in [1.29, 1.82) is 0 Å². The van der Waals surface area contributed by atoms with Crippen molar-refractivity contribution < 1.29 is 33.4 Å². The van der Waals surface area contributed by atoms with E-state index in [1.54, 1.807) is 52.0 Å². The first-order valence-corrected chi connectivity index (χ1v) is 13.9.